The first kappa shape index (κ1) is 25.6. The van der Waals surface area contributed by atoms with Crippen molar-refractivity contribution in [2.75, 3.05) is 39.8 Å². The van der Waals surface area contributed by atoms with Gasteiger partial charge >= 0.3 is 6.36 Å². The maximum atomic E-state index is 13.3. The van der Waals surface area contributed by atoms with Gasteiger partial charge in [-0.1, -0.05) is 12.1 Å². The number of carbonyl (C=O) groups excluding carboxylic acids is 2. The highest BCUT2D eigenvalue weighted by Crippen LogP contribution is 2.52. The standard InChI is InChI=1S/C26H32F3N5O3/c1-31-14-23(30-16-31)25(36)34(10-18-4-3-5-19(8-18)37-26(27,28)29)13-22-20-11-33(12-21(20)22)15-24(35)32(2)9-17-6-7-17/h3-5,8,14,16-17,20-22H,6-7,9-13,15H2,1-2H3. The highest BCUT2D eigenvalue weighted by atomic mass is 19.4. The van der Waals surface area contributed by atoms with Crippen molar-refractivity contribution in [1.29, 1.82) is 0 Å². The van der Waals surface area contributed by atoms with Crippen molar-refractivity contribution < 1.29 is 27.5 Å². The van der Waals surface area contributed by atoms with Gasteiger partial charge in [0.15, 0.2) is 0 Å². The van der Waals surface area contributed by atoms with Crippen LogP contribution >= 0.6 is 0 Å². The van der Waals surface area contributed by atoms with E-state index in [2.05, 4.69) is 14.6 Å². The van der Waals surface area contributed by atoms with E-state index in [0.717, 1.165) is 19.6 Å². The van der Waals surface area contributed by atoms with Gasteiger partial charge in [-0.15, -0.1) is 13.2 Å². The molecule has 2 amide bonds. The van der Waals surface area contributed by atoms with Crippen LogP contribution in [-0.4, -0.2) is 82.2 Å². The summed E-state index contributed by atoms with van der Waals surface area (Å²) >= 11 is 0. The summed E-state index contributed by atoms with van der Waals surface area (Å²) in [6.45, 7) is 3.53. The molecule has 1 aliphatic heterocycles. The molecule has 8 nitrogen and oxygen atoms in total. The Hall–Kier alpha value is -3.08. The number of nitrogens with zero attached hydrogens (tertiary/aromatic N) is 5. The Bertz CT molecular complexity index is 1140. The molecule has 0 N–H and O–H groups in total. The zero-order valence-electron chi connectivity index (χ0n) is 21.0. The molecule has 2 atom stereocenters. The van der Waals surface area contributed by atoms with Gasteiger partial charge in [0.05, 0.1) is 12.9 Å². The topological polar surface area (TPSA) is 70.9 Å². The van der Waals surface area contributed by atoms with Gasteiger partial charge in [-0.05, 0) is 54.2 Å². The van der Waals surface area contributed by atoms with Gasteiger partial charge in [-0.2, -0.15) is 0 Å². The van der Waals surface area contributed by atoms with Crippen LogP contribution in [0.5, 0.6) is 5.75 Å². The van der Waals surface area contributed by atoms with Crippen molar-refractivity contribution >= 4 is 11.8 Å². The van der Waals surface area contributed by atoms with E-state index in [1.165, 1.54) is 31.0 Å². The number of benzene rings is 1. The number of amides is 2. The minimum atomic E-state index is -4.78. The molecule has 2 aromatic rings. The Morgan fingerprint density at radius 2 is 1.89 bits per heavy atom. The fourth-order valence-electron chi connectivity index (χ4n) is 5.46. The van der Waals surface area contributed by atoms with Crippen molar-refractivity contribution in [2.45, 2.75) is 25.7 Å². The van der Waals surface area contributed by atoms with Crippen molar-refractivity contribution in [1.82, 2.24) is 24.3 Å². The molecule has 1 aromatic heterocycles. The molecular formula is C26H32F3N5O3. The number of piperidine rings is 1. The van der Waals surface area contributed by atoms with E-state index >= 15 is 0 Å². The second kappa shape index (κ2) is 10.00. The van der Waals surface area contributed by atoms with Crippen LogP contribution in [-0.2, 0) is 18.4 Å². The van der Waals surface area contributed by atoms with E-state index in [1.54, 1.807) is 35.1 Å². The number of likely N-dealkylation sites (N-methyl/N-ethyl adjacent to an activating group) is 1. The summed E-state index contributed by atoms with van der Waals surface area (Å²) in [5.74, 6) is 1.33. The molecule has 2 aliphatic carbocycles. The van der Waals surface area contributed by atoms with Crippen LogP contribution in [0.1, 0.15) is 28.9 Å². The van der Waals surface area contributed by atoms with Crippen LogP contribution in [0.4, 0.5) is 13.2 Å². The maximum absolute atomic E-state index is 13.3. The number of rotatable bonds is 10. The first-order chi connectivity index (χ1) is 17.6. The van der Waals surface area contributed by atoms with E-state index in [1.807, 2.05) is 11.9 Å². The van der Waals surface area contributed by atoms with Crippen molar-refractivity contribution in [3.63, 3.8) is 0 Å². The van der Waals surface area contributed by atoms with Gasteiger partial charge in [0.25, 0.3) is 5.91 Å². The molecule has 200 valence electrons. The minimum absolute atomic E-state index is 0.147. The summed E-state index contributed by atoms with van der Waals surface area (Å²) in [4.78, 5) is 35.7. The minimum Gasteiger partial charge on any atom is -0.406 e. The van der Waals surface area contributed by atoms with Gasteiger partial charge in [0.1, 0.15) is 11.4 Å². The third kappa shape index (κ3) is 6.44. The highest BCUT2D eigenvalue weighted by Gasteiger charge is 2.56. The maximum Gasteiger partial charge on any atom is 0.573 e. The highest BCUT2D eigenvalue weighted by molar-refractivity contribution is 5.92. The Morgan fingerprint density at radius 1 is 1.16 bits per heavy atom. The normalized spacial score (nSPS) is 23.0. The molecule has 2 saturated carbocycles. The van der Waals surface area contributed by atoms with Crippen molar-refractivity contribution in [3.8, 4) is 5.75 Å². The number of aryl methyl sites for hydroxylation is 1. The molecule has 0 radical (unpaired) electrons. The zero-order valence-corrected chi connectivity index (χ0v) is 21.0. The van der Waals surface area contributed by atoms with E-state index in [-0.39, 0.29) is 30.0 Å². The number of imidazole rings is 1. The molecule has 2 heterocycles. The Kier molecular flexibility index (Phi) is 6.91. The second-order valence-electron chi connectivity index (χ2n) is 10.7. The molecule has 1 aromatic carbocycles. The van der Waals surface area contributed by atoms with E-state index in [9.17, 15) is 22.8 Å². The van der Waals surface area contributed by atoms with Crippen LogP contribution in [0.3, 0.4) is 0 Å². The average Bonchev–Trinajstić information content (AvgIpc) is 3.64. The largest absolute Gasteiger partial charge is 0.573 e. The summed E-state index contributed by atoms with van der Waals surface area (Å²) in [5.41, 5.74) is 0.838. The fourth-order valence-corrected chi connectivity index (χ4v) is 5.46. The monoisotopic (exact) mass is 519 g/mol. The quantitative estimate of drug-likeness (QED) is 0.483. The number of halogens is 3. The Labute approximate surface area is 214 Å². The Balaban J connectivity index is 1.21. The van der Waals surface area contributed by atoms with Gasteiger partial charge in [-0.3, -0.25) is 14.5 Å². The number of hydrogen-bond donors (Lipinski definition) is 0. The lowest BCUT2D eigenvalue weighted by Crippen LogP contribution is -2.40. The molecule has 0 bridgehead atoms. The van der Waals surface area contributed by atoms with Crippen LogP contribution in [0.15, 0.2) is 36.8 Å². The van der Waals surface area contributed by atoms with Crippen molar-refractivity contribution in [2.24, 2.45) is 30.7 Å². The first-order valence-electron chi connectivity index (χ1n) is 12.6. The number of carbonyl (C=O) groups is 2. The van der Waals surface area contributed by atoms with Gasteiger partial charge in [0.2, 0.25) is 5.91 Å². The predicted octanol–water partition coefficient (Wildman–Crippen LogP) is 3.01. The smallest absolute Gasteiger partial charge is 0.406 e. The average molecular weight is 520 g/mol. The summed E-state index contributed by atoms with van der Waals surface area (Å²) in [6.07, 6.45) is 0.816. The van der Waals surface area contributed by atoms with Crippen LogP contribution in [0.25, 0.3) is 0 Å². The summed E-state index contributed by atoms with van der Waals surface area (Å²) in [7, 11) is 3.64. The van der Waals surface area contributed by atoms with Crippen LogP contribution in [0.2, 0.25) is 0 Å². The lowest BCUT2D eigenvalue weighted by Gasteiger charge is -2.26. The number of likely N-dealkylation sites (tertiary alicyclic amines) is 1. The van der Waals surface area contributed by atoms with Gasteiger partial charge in [0, 0.05) is 53.0 Å². The van der Waals surface area contributed by atoms with Crippen molar-refractivity contribution in [3.05, 3.63) is 48.0 Å². The molecule has 11 heteroatoms. The molecular weight excluding hydrogens is 487 g/mol. The van der Waals surface area contributed by atoms with E-state index in [0.29, 0.717) is 42.1 Å². The number of aromatic nitrogens is 2. The fraction of sp³-hybridized carbons (Fsp3) is 0.577. The summed E-state index contributed by atoms with van der Waals surface area (Å²) < 4.78 is 43.8. The molecule has 2 unspecified atom stereocenters. The third-order valence-corrected chi connectivity index (χ3v) is 7.61. The molecule has 5 rings (SSSR count). The lowest BCUT2D eigenvalue weighted by molar-refractivity contribution is -0.274. The van der Waals surface area contributed by atoms with Gasteiger partial charge < -0.3 is 19.1 Å². The molecule has 0 spiro atoms. The van der Waals surface area contributed by atoms with Crippen LogP contribution < -0.4 is 4.74 Å². The number of fused-ring (bicyclic) bond motifs is 1. The van der Waals surface area contributed by atoms with E-state index < -0.39 is 6.36 Å². The predicted molar refractivity (Wildman–Crippen MR) is 128 cm³/mol. The van der Waals surface area contributed by atoms with Gasteiger partial charge in [-0.25, -0.2) is 4.98 Å². The molecule has 1 saturated heterocycles. The third-order valence-electron chi connectivity index (χ3n) is 7.61. The second-order valence-corrected chi connectivity index (χ2v) is 10.7. The number of ether oxygens (including phenoxy) is 1. The molecule has 3 fully saturated rings. The molecule has 3 aliphatic rings. The summed E-state index contributed by atoms with van der Waals surface area (Å²) in [6, 6.07) is 5.72. The van der Waals surface area contributed by atoms with E-state index in [4.69, 9.17) is 0 Å². The first-order valence-corrected chi connectivity index (χ1v) is 12.6. The number of alkyl halides is 3. The molecule has 37 heavy (non-hydrogen) atoms. The lowest BCUT2D eigenvalue weighted by atomic mass is 10.1. The zero-order chi connectivity index (χ0) is 26.3. The number of hydrogen-bond acceptors (Lipinski definition) is 5. The SMILES string of the molecule is CN(CC1CC1)C(=O)CN1CC2C(C1)C2CN(Cc1cccc(OC(F)(F)F)c1)C(=O)c1cn(C)cn1. The Morgan fingerprint density at radius 3 is 2.51 bits per heavy atom. The summed E-state index contributed by atoms with van der Waals surface area (Å²) in [5, 5.41) is 0. The van der Waals surface area contributed by atoms with Crippen LogP contribution in [0, 0.1) is 23.7 Å².